The van der Waals surface area contributed by atoms with Gasteiger partial charge in [0.15, 0.2) is 0 Å². The molecular weight excluding hydrogens is 322 g/mol. The first-order valence-corrected chi connectivity index (χ1v) is 9.37. The van der Waals surface area contributed by atoms with Crippen LogP contribution in [0.1, 0.15) is 41.8 Å². The maximum Gasteiger partial charge on any atom is 0.255 e. The van der Waals surface area contributed by atoms with Crippen LogP contribution in [0.2, 0.25) is 0 Å². The van der Waals surface area contributed by atoms with Gasteiger partial charge in [-0.1, -0.05) is 32.0 Å². The van der Waals surface area contributed by atoms with Crippen LogP contribution in [0.4, 0.5) is 17.1 Å². The highest BCUT2D eigenvalue weighted by Crippen LogP contribution is 2.33. The van der Waals surface area contributed by atoms with Gasteiger partial charge in [-0.3, -0.25) is 4.79 Å². The van der Waals surface area contributed by atoms with Gasteiger partial charge in [0.05, 0.1) is 11.4 Å². The molecule has 1 heterocycles. The third-order valence-corrected chi connectivity index (χ3v) is 5.22. The molecule has 0 saturated carbocycles. The zero-order valence-electron chi connectivity index (χ0n) is 16.2. The van der Waals surface area contributed by atoms with Crippen LogP contribution in [0.15, 0.2) is 36.4 Å². The molecule has 0 bridgehead atoms. The van der Waals surface area contributed by atoms with Crippen LogP contribution in [-0.4, -0.2) is 19.0 Å². The number of anilines is 3. The van der Waals surface area contributed by atoms with E-state index in [0.717, 1.165) is 29.9 Å². The molecule has 1 saturated heterocycles. The molecule has 1 aliphatic heterocycles. The fraction of sp³-hybridized carbons (Fsp3) is 0.409. The summed E-state index contributed by atoms with van der Waals surface area (Å²) in [5.41, 5.74) is 11.4. The summed E-state index contributed by atoms with van der Waals surface area (Å²) in [6, 6.07) is 11.6. The maximum absolute atomic E-state index is 12.7. The van der Waals surface area contributed by atoms with Gasteiger partial charge in [0.2, 0.25) is 0 Å². The van der Waals surface area contributed by atoms with E-state index in [9.17, 15) is 4.79 Å². The maximum atomic E-state index is 12.7. The molecule has 2 aromatic rings. The first-order valence-electron chi connectivity index (χ1n) is 9.37. The minimum absolute atomic E-state index is 0.120. The van der Waals surface area contributed by atoms with Gasteiger partial charge >= 0.3 is 0 Å². The molecule has 0 aromatic heterocycles. The van der Waals surface area contributed by atoms with Crippen molar-refractivity contribution in [2.75, 3.05) is 29.0 Å². The van der Waals surface area contributed by atoms with Gasteiger partial charge in [0.1, 0.15) is 0 Å². The number of carbonyl (C=O) groups excluding carboxylic acids is 1. The largest absolute Gasteiger partial charge is 0.397 e. The Hall–Kier alpha value is -2.49. The lowest BCUT2D eigenvalue weighted by atomic mass is 9.91. The molecule has 4 heteroatoms. The van der Waals surface area contributed by atoms with E-state index in [-0.39, 0.29) is 5.91 Å². The van der Waals surface area contributed by atoms with Crippen LogP contribution in [0.5, 0.6) is 0 Å². The fourth-order valence-electron chi connectivity index (χ4n) is 4.04. The second-order valence-electron chi connectivity index (χ2n) is 7.85. The zero-order chi connectivity index (χ0) is 18.8. The molecule has 2 unspecified atom stereocenters. The molecule has 0 aliphatic carbocycles. The molecule has 0 radical (unpaired) electrons. The number of aryl methyl sites for hydroxylation is 2. The van der Waals surface area contributed by atoms with Crippen molar-refractivity contribution < 1.29 is 4.79 Å². The average Bonchev–Trinajstić information content (AvgIpc) is 2.56. The molecule has 2 aromatic carbocycles. The van der Waals surface area contributed by atoms with Gasteiger partial charge in [0.25, 0.3) is 5.91 Å². The standard InChI is InChI=1S/C22H29N3O/c1-14-9-15(2)13-25(12-14)21-11-20(19(23)10-17(21)4)24-22(26)18-8-6-5-7-16(18)3/h5-8,10-11,14-15H,9,12-13,23H2,1-4H3,(H,24,26). The fourth-order valence-corrected chi connectivity index (χ4v) is 4.04. The SMILES string of the molecule is Cc1ccccc1C(=O)Nc1cc(N2CC(C)CC(C)C2)c(C)cc1N. The van der Waals surface area contributed by atoms with Crippen LogP contribution in [-0.2, 0) is 0 Å². The highest BCUT2D eigenvalue weighted by atomic mass is 16.1. The lowest BCUT2D eigenvalue weighted by Gasteiger charge is -2.37. The Labute approximate surface area is 156 Å². The Morgan fingerprint density at radius 1 is 1.08 bits per heavy atom. The van der Waals surface area contributed by atoms with Crippen molar-refractivity contribution >= 4 is 23.0 Å². The van der Waals surface area contributed by atoms with Gasteiger partial charge < -0.3 is 16.0 Å². The number of hydrogen-bond acceptors (Lipinski definition) is 3. The molecule has 1 aliphatic rings. The Morgan fingerprint density at radius 3 is 2.38 bits per heavy atom. The van der Waals surface area contributed by atoms with E-state index in [2.05, 4.69) is 31.0 Å². The number of amides is 1. The number of carbonyl (C=O) groups is 1. The summed E-state index contributed by atoms with van der Waals surface area (Å²) in [4.78, 5) is 15.1. The topological polar surface area (TPSA) is 58.4 Å². The van der Waals surface area contributed by atoms with E-state index < -0.39 is 0 Å². The zero-order valence-corrected chi connectivity index (χ0v) is 16.2. The van der Waals surface area contributed by atoms with Gasteiger partial charge in [-0.15, -0.1) is 0 Å². The molecule has 2 atom stereocenters. The van der Waals surface area contributed by atoms with Crippen LogP contribution < -0.4 is 16.0 Å². The normalized spacial score (nSPS) is 20.1. The van der Waals surface area contributed by atoms with E-state index in [0.29, 0.717) is 28.8 Å². The summed E-state index contributed by atoms with van der Waals surface area (Å²) in [5.74, 6) is 1.21. The van der Waals surface area contributed by atoms with Crippen LogP contribution >= 0.6 is 0 Å². The van der Waals surface area contributed by atoms with Crippen molar-refractivity contribution in [1.82, 2.24) is 0 Å². The van der Waals surface area contributed by atoms with Crippen molar-refractivity contribution in [3.05, 3.63) is 53.1 Å². The highest BCUT2D eigenvalue weighted by molar-refractivity contribution is 6.07. The first kappa shape index (κ1) is 18.3. The van der Waals surface area contributed by atoms with E-state index >= 15 is 0 Å². The Kier molecular flexibility index (Phi) is 5.21. The minimum atomic E-state index is -0.120. The van der Waals surface area contributed by atoms with E-state index in [1.54, 1.807) is 0 Å². The molecule has 3 rings (SSSR count). The third kappa shape index (κ3) is 3.85. The number of benzene rings is 2. The number of nitrogen functional groups attached to an aromatic ring is 1. The molecule has 3 N–H and O–H groups in total. The number of hydrogen-bond donors (Lipinski definition) is 2. The molecule has 1 amide bonds. The van der Waals surface area contributed by atoms with Crippen molar-refractivity contribution in [3.8, 4) is 0 Å². The van der Waals surface area contributed by atoms with Crippen molar-refractivity contribution in [2.45, 2.75) is 34.1 Å². The number of nitrogens with two attached hydrogens (primary N) is 1. The number of nitrogens with one attached hydrogen (secondary N) is 1. The minimum Gasteiger partial charge on any atom is -0.397 e. The second-order valence-corrected chi connectivity index (χ2v) is 7.85. The summed E-state index contributed by atoms with van der Waals surface area (Å²) in [6.07, 6.45) is 1.27. The summed E-state index contributed by atoms with van der Waals surface area (Å²) in [5, 5.41) is 3.01. The van der Waals surface area contributed by atoms with Crippen LogP contribution in [0, 0.1) is 25.7 Å². The average molecular weight is 351 g/mol. The Bertz CT molecular complexity index is 805. The summed E-state index contributed by atoms with van der Waals surface area (Å²) in [6.45, 7) is 10.7. The molecule has 138 valence electrons. The molecule has 1 fully saturated rings. The summed E-state index contributed by atoms with van der Waals surface area (Å²) in [7, 11) is 0. The first-order chi connectivity index (χ1) is 12.3. The second kappa shape index (κ2) is 7.40. The number of nitrogens with zero attached hydrogens (tertiary/aromatic N) is 1. The predicted molar refractivity (Wildman–Crippen MR) is 110 cm³/mol. The molecule has 26 heavy (non-hydrogen) atoms. The number of piperidine rings is 1. The van der Waals surface area contributed by atoms with E-state index in [1.165, 1.54) is 6.42 Å². The van der Waals surface area contributed by atoms with Crippen molar-refractivity contribution in [1.29, 1.82) is 0 Å². The monoisotopic (exact) mass is 351 g/mol. The van der Waals surface area contributed by atoms with Crippen molar-refractivity contribution in [3.63, 3.8) is 0 Å². The third-order valence-electron chi connectivity index (χ3n) is 5.22. The lowest BCUT2D eigenvalue weighted by molar-refractivity contribution is 0.102. The Morgan fingerprint density at radius 2 is 1.73 bits per heavy atom. The van der Waals surface area contributed by atoms with Crippen molar-refractivity contribution in [2.24, 2.45) is 11.8 Å². The van der Waals surface area contributed by atoms with Gasteiger partial charge in [-0.25, -0.2) is 0 Å². The quantitative estimate of drug-likeness (QED) is 0.793. The van der Waals surface area contributed by atoms with E-state index in [1.807, 2.05) is 43.3 Å². The highest BCUT2D eigenvalue weighted by Gasteiger charge is 2.24. The lowest BCUT2D eigenvalue weighted by Crippen LogP contribution is -2.39. The Balaban J connectivity index is 1.89. The molecular formula is C22H29N3O. The smallest absolute Gasteiger partial charge is 0.255 e. The predicted octanol–water partition coefficient (Wildman–Crippen LogP) is 4.62. The van der Waals surface area contributed by atoms with Crippen LogP contribution in [0.3, 0.4) is 0 Å². The molecule has 0 spiro atoms. The van der Waals surface area contributed by atoms with E-state index in [4.69, 9.17) is 5.73 Å². The molecule has 4 nitrogen and oxygen atoms in total. The van der Waals surface area contributed by atoms with Gasteiger partial charge in [-0.2, -0.15) is 0 Å². The van der Waals surface area contributed by atoms with Gasteiger partial charge in [-0.05, 0) is 61.4 Å². The van der Waals surface area contributed by atoms with Gasteiger partial charge in [0, 0.05) is 24.3 Å². The summed E-state index contributed by atoms with van der Waals surface area (Å²) < 4.78 is 0. The number of rotatable bonds is 3. The van der Waals surface area contributed by atoms with Crippen LogP contribution in [0.25, 0.3) is 0 Å². The summed E-state index contributed by atoms with van der Waals surface area (Å²) >= 11 is 0.